The van der Waals surface area contributed by atoms with E-state index in [1.807, 2.05) is 7.05 Å². The van der Waals surface area contributed by atoms with E-state index in [-0.39, 0.29) is 11.6 Å². The summed E-state index contributed by atoms with van der Waals surface area (Å²) >= 11 is 0. The molecule has 1 amide bonds. The van der Waals surface area contributed by atoms with Gasteiger partial charge < -0.3 is 16.0 Å². The molecule has 0 bridgehead atoms. The van der Waals surface area contributed by atoms with Gasteiger partial charge in [0.2, 0.25) is 5.91 Å². The van der Waals surface area contributed by atoms with Gasteiger partial charge in [-0.15, -0.1) is 0 Å². The van der Waals surface area contributed by atoms with Crippen molar-refractivity contribution in [3.05, 3.63) is 24.0 Å². The van der Waals surface area contributed by atoms with Crippen LogP contribution in [0.3, 0.4) is 0 Å². The largest absolute Gasteiger partial charge is 0.396 e. The number of nitrogens with one attached hydrogen (secondary N) is 1. The monoisotopic (exact) mass is 281 g/mol. The predicted molar refractivity (Wildman–Crippen MR) is 81.0 cm³/mol. The third-order valence-electron chi connectivity index (χ3n) is 3.63. The Labute approximate surface area is 120 Å². The van der Waals surface area contributed by atoms with Crippen LogP contribution in [0.4, 0.5) is 15.8 Å². The second-order valence-electron chi connectivity index (χ2n) is 5.50. The van der Waals surface area contributed by atoms with E-state index in [1.165, 1.54) is 18.2 Å². The molecule has 0 spiro atoms. The summed E-state index contributed by atoms with van der Waals surface area (Å²) in [5.74, 6) is -0.0349. The average molecular weight is 281 g/mol. The smallest absolute Gasteiger partial charge is 0.225 e. The summed E-state index contributed by atoms with van der Waals surface area (Å²) in [6.07, 6.45) is 0.394. The van der Waals surface area contributed by atoms with Gasteiger partial charge in [-0.2, -0.15) is 0 Å². The lowest BCUT2D eigenvalue weighted by Gasteiger charge is -2.27. The van der Waals surface area contributed by atoms with Crippen LogP contribution in [0.25, 0.3) is 0 Å². The molecule has 112 valence electrons. The van der Waals surface area contributed by atoms with Crippen LogP contribution in [0.2, 0.25) is 0 Å². The minimum Gasteiger partial charge on any atom is -0.396 e. The van der Waals surface area contributed by atoms with E-state index in [9.17, 15) is 9.18 Å². The number of nitrogens with two attached hydrogens (primary N) is 1. The van der Waals surface area contributed by atoms with Crippen LogP contribution in [0.1, 0.15) is 27.2 Å². The molecule has 0 aliphatic carbocycles. The number of hydrogen-bond acceptors (Lipinski definition) is 3. The number of anilines is 2. The number of nitrogens with zero attached hydrogens (tertiary/aromatic N) is 1. The first kappa shape index (κ1) is 16.4. The molecule has 1 rings (SSSR count). The first-order valence-electron chi connectivity index (χ1n) is 6.86. The molecule has 5 heteroatoms. The number of nitrogen functional groups attached to an aromatic ring is 1. The molecule has 0 fully saturated rings. The van der Waals surface area contributed by atoms with Crippen molar-refractivity contribution in [3.8, 4) is 0 Å². The van der Waals surface area contributed by atoms with Crippen LogP contribution >= 0.6 is 0 Å². The summed E-state index contributed by atoms with van der Waals surface area (Å²) < 4.78 is 13.0. The molecular formula is C15H24FN3O. The zero-order valence-corrected chi connectivity index (χ0v) is 12.6. The van der Waals surface area contributed by atoms with Crippen molar-refractivity contribution >= 4 is 17.3 Å². The van der Waals surface area contributed by atoms with Gasteiger partial charge in [0.15, 0.2) is 0 Å². The van der Waals surface area contributed by atoms with Crippen molar-refractivity contribution in [2.24, 2.45) is 5.92 Å². The van der Waals surface area contributed by atoms with Crippen molar-refractivity contribution in [1.82, 2.24) is 4.90 Å². The summed E-state index contributed by atoms with van der Waals surface area (Å²) in [6, 6.07) is 4.60. The van der Waals surface area contributed by atoms with Crippen LogP contribution < -0.4 is 11.1 Å². The minimum absolute atomic E-state index is 0.0355. The van der Waals surface area contributed by atoms with Gasteiger partial charge in [-0.1, -0.05) is 13.8 Å². The predicted octanol–water partition coefficient (Wildman–Crippen LogP) is 2.71. The van der Waals surface area contributed by atoms with Crippen LogP contribution in [0, 0.1) is 11.7 Å². The van der Waals surface area contributed by atoms with Crippen molar-refractivity contribution in [2.45, 2.75) is 33.2 Å². The molecule has 1 atom stereocenters. The van der Waals surface area contributed by atoms with Gasteiger partial charge in [-0.05, 0) is 38.1 Å². The number of benzene rings is 1. The molecular weight excluding hydrogens is 257 g/mol. The summed E-state index contributed by atoms with van der Waals surface area (Å²) in [4.78, 5) is 14.0. The Morgan fingerprint density at radius 1 is 1.40 bits per heavy atom. The highest BCUT2D eigenvalue weighted by Gasteiger charge is 2.14. The van der Waals surface area contributed by atoms with E-state index in [4.69, 9.17) is 5.73 Å². The van der Waals surface area contributed by atoms with E-state index >= 15 is 0 Å². The van der Waals surface area contributed by atoms with E-state index in [1.54, 1.807) is 0 Å². The van der Waals surface area contributed by atoms with Crippen LogP contribution in [0.5, 0.6) is 0 Å². The van der Waals surface area contributed by atoms with E-state index in [2.05, 4.69) is 31.0 Å². The second kappa shape index (κ2) is 7.24. The first-order valence-corrected chi connectivity index (χ1v) is 6.86. The van der Waals surface area contributed by atoms with E-state index in [0.29, 0.717) is 30.6 Å². The third kappa shape index (κ3) is 4.81. The molecule has 4 nitrogen and oxygen atoms in total. The highest BCUT2D eigenvalue weighted by atomic mass is 19.1. The highest BCUT2D eigenvalue weighted by Crippen LogP contribution is 2.16. The number of rotatable bonds is 6. The zero-order chi connectivity index (χ0) is 15.3. The fourth-order valence-electron chi connectivity index (χ4n) is 1.84. The lowest BCUT2D eigenvalue weighted by atomic mass is 10.1. The molecule has 0 heterocycles. The van der Waals surface area contributed by atoms with Gasteiger partial charge in [0.25, 0.3) is 0 Å². The van der Waals surface area contributed by atoms with Crippen LogP contribution in [0.15, 0.2) is 18.2 Å². The summed E-state index contributed by atoms with van der Waals surface area (Å²) in [7, 11) is 2.01. The van der Waals surface area contributed by atoms with Crippen LogP contribution in [-0.2, 0) is 4.79 Å². The molecule has 0 aromatic heterocycles. The quantitative estimate of drug-likeness (QED) is 0.788. The maximum absolute atomic E-state index is 13.0. The Morgan fingerprint density at radius 3 is 2.60 bits per heavy atom. The third-order valence-corrected chi connectivity index (χ3v) is 3.63. The Bertz CT molecular complexity index is 462. The van der Waals surface area contributed by atoms with Gasteiger partial charge in [0.05, 0.1) is 5.69 Å². The SMILES string of the molecule is CC(C)C(C)N(C)CCC(=O)Nc1ccc(F)c(N)c1. The molecule has 1 aromatic rings. The molecule has 20 heavy (non-hydrogen) atoms. The molecule has 1 aromatic carbocycles. The first-order chi connectivity index (χ1) is 9.31. The van der Waals surface area contributed by atoms with Gasteiger partial charge in [-0.25, -0.2) is 4.39 Å². The fraction of sp³-hybridized carbons (Fsp3) is 0.533. The molecule has 1 unspecified atom stereocenters. The van der Waals surface area contributed by atoms with Crippen molar-refractivity contribution < 1.29 is 9.18 Å². The van der Waals surface area contributed by atoms with Gasteiger partial charge in [0.1, 0.15) is 5.82 Å². The lowest BCUT2D eigenvalue weighted by molar-refractivity contribution is -0.116. The van der Waals surface area contributed by atoms with E-state index < -0.39 is 5.82 Å². The zero-order valence-electron chi connectivity index (χ0n) is 12.6. The fourth-order valence-corrected chi connectivity index (χ4v) is 1.84. The van der Waals surface area contributed by atoms with Gasteiger partial charge >= 0.3 is 0 Å². The normalized spacial score (nSPS) is 12.8. The average Bonchev–Trinajstić information content (AvgIpc) is 2.39. The maximum atomic E-state index is 13.0. The standard InChI is InChI=1S/C15H24FN3O/c1-10(2)11(3)19(4)8-7-15(20)18-12-5-6-13(16)14(17)9-12/h5-6,9-11H,7-8,17H2,1-4H3,(H,18,20). The summed E-state index contributed by atoms with van der Waals surface area (Å²) in [5.41, 5.74) is 6.01. The van der Waals surface area contributed by atoms with Crippen molar-refractivity contribution in [3.63, 3.8) is 0 Å². The molecule has 3 N–H and O–H groups in total. The number of amides is 1. The van der Waals surface area contributed by atoms with Gasteiger partial charge in [-0.3, -0.25) is 4.79 Å². The second-order valence-corrected chi connectivity index (χ2v) is 5.50. The molecule has 0 saturated carbocycles. The number of carbonyl (C=O) groups is 1. The van der Waals surface area contributed by atoms with E-state index in [0.717, 1.165) is 0 Å². The summed E-state index contributed by atoms with van der Waals surface area (Å²) in [6.45, 7) is 7.14. The lowest BCUT2D eigenvalue weighted by Crippen LogP contribution is -2.35. The number of halogens is 1. The number of hydrogen-bond donors (Lipinski definition) is 2. The summed E-state index contributed by atoms with van der Waals surface area (Å²) in [5, 5.41) is 2.72. The molecule has 0 radical (unpaired) electrons. The Kier molecular flexibility index (Phi) is 5.95. The van der Waals surface area contributed by atoms with Crippen molar-refractivity contribution in [1.29, 1.82) is 0 Å². The van der Waals surface area contributed by atoms with Crippen LogP contribution in [-0.4, -0.2) is 30.4 Å². The Morgan fingerprint density at radius 2 is 2.05 bits per heavy atom. The molecule has 0 saturated heterocycles. The topological polar surface area (TPSA) is 58.4 Å². The maximum Gasteiger partial charge on any atom is 0.225 e. The Hall–Kier alpha value is -1.62. The number of carbonyl (C=O) groups excluding carboxylic acids is 1. The highest BCUT2D eigenvalue weighted by molar-refractivity contribution is 5.91. The van der Waals surface area contributed by atoms with Gasteiger partial charge in [0, 0.05) is 24.7 Å². The minimum atomic E-state index is -0.478. The Balaban J connectivity index is 2.46. The molecule has 0 aliphatic heterocycles. The van der Waals surface area contributed by atoms with Crippen molar-refractivity contribution in [2.75, 3.05) is 24.6 Å². The molecule has 0 aliphatic rings.